The van der Waals surface area contributed by atoms with Crippen molar-refractivity contribution in [2.75, 3.05) is 29.2 Å². The molecule has 4 aromatic rings. The van der Waals surface area contributed by atoms with Gasteiger partial charge in [0, 0.05) is 30.9 Å². The van der Waals surface area contributed by atoms with Crippen molar-refractivity contribution in [3.05, 3.63) is 82.8 Å². The largest absolute Gasteiger partial charge is 0.453 e. The van der Waals surface area contributed by atoms with E-state index in [-0.39, 0.29) is 11.9 Å². The van der Waals surface area contributed by atoms with Crippen LogP contribution in [-0.2, 0) is 11.3 Å². The fourth-order valence-electron chi connectivity index (χ4n) is 4.52. The lowest BCUT2D eigenvalue weighted by Crippen LogP contribution is -2.24. The molecular formula is C26H26FN7O3S. The van der Waals surface area contributed by atoms with Gasteiger partial charge < -0.3 is 14.2 Å². The van der Waals surface area contributed by atoms with Crippen molar-refractivity contribution < 1.29 is 18.7 Å². The van der Waals surface area contributed by atoms with Gasteiger partial charge in [0.2, 0.25) is 5.95 Å². The number of amides is 2. The van der Waals surface area contributed by atoms with Crippen LogP contribution in [0.3, 0.4) is 0 Å². The highest BCUT2D eigenvalue weighted by molar-refractivity contribution is 7.14. The first-order valence-corrected chi connectivity index (χ1v) is 12.9. The van der Waals surface area contributed by atoms with E-state index in [4.69, 9.17) is 4.98 Å². The predicted octanol–water partition coefficient (Wildman–Crippen LogP) is 5.00. The van der Waals surface area contributed by atoms with Crippen LogP contribution in [0.2, 0.25) is 0 Å². The van der Waals surface area contributed by atoms with E-state index in [0.29, 0.717) is 28.6 Å². The number of hydrogen-bond donors (Lipinski definition) is 2. The molecule has 2 amide bonds. The number of aromatic nitrogens is 4. The Morgan fingerprint density at radius 3 is 2.84 bits per heavy atom. The van der Waals surface area contributed by atoms with E-state index >= 15 is 0 Å². The Labute approximate surface area is 222 Å². The Bertz CT molecular complexity index is 1450. The van der Waals surface area contributed by atoms with Gasteiger partial charge in [-0.05, 0) is 61.2 Å². The predicted molar refractivity (Wildman–Crippen MR) is 142 cm³/mol. The SMILES string of the molecule is COC(=O)Nc1ccc(N2CCC[C@@H]2c2csc(NC(=O)c3cc(C)cn3Cc3ccnc(F)c3)n2)nc1. The van der Waals surface area contributed by atoms with Crippen molar-refractivity contribution in [3.8, 4) is 0 Å². The normalized spacial score (nSPS) is 14.9. The van der Waals surface area contributed by atoms with Crippen LogP contribution in [0.5, 0.6) is 0 Å². The maximum Gasteiger partial charge on any atom is 0.411 e. The molecule has 1 aliphatic heterocycles. The minimum atomic E-state index is -0.558. The number of rotatable bonds is 7. The minimum Gasteiger partial charge on any atom is -0.453 e. The monoisotopic (exact) mass is 535 g/mol. The summed E-state index contributed by atoms with van der Waals surface area (Å²) in [6, 6.07) is 8.53. The average molecular weight is 536 g/mol. The van der Waals surface area contributed by atoms with Crippen LogP contribution in [0.1, 0.15) is 46.2 Å². The Hall–Kier alpha value is -4.32. The number of ether oxygens (including phenoxy) is 1. The Balaban J connectivity index is 1.28. The molecule has 0 saturated carbocycles. The summed E-state index contributed by atoms with van der Waals surface area (Å²) >= 11 is 1.37. The summed E-state index contributed by atoms with van der Waals surface area (Å²) in [4.78, 5) is 39.5. The Kier molecular flexibility index (Phi) is 7.31. The first kappa shape index (κ1) is 25.3. The highest BCUT2D eigenvalue weighted by Gasteiger charge is 2.29. The third-order valence-corrected chi connectivity index (χ3v) is 7.00. The van der Waals surface area contributed by atoms with Crippen LogP contribution < -0.4 is 15.5 Å². The highest BCUT2D eigenvalue weighted by atomic mass is 32.1. The van der Waals surface area contributed by atoms with Crippen LogP contribution in [-0.4, -0.2) is 45.2 Å². The van der Waals surface area contributed by atoms with Gasteiger partial charge in [-0.1, -0.05) is 0 Å². The third-order valence-electron chi connectivity index (χ3n) is 6.22. The number of carbonyl (C=O) groups excluding carboxylic acids is 2. The summed E-state index contributed by atoms with van der Waals surface area (Å²) in [5, 5.41) is 7.96. The maximum absolute atomic E-state index is 13.5. The number of aryl methyl sites for hydroxylation is 1. The van der Waals surface area contributed by atoms with Crippen LogP contribution in [0, 0.1) is 12.9 Å². The van der Waals surface area contributed by atoms with Crippen molar-refractivity contribution in [2.24, 2.45) is 0 Å². The zero-order valence-corrected chi connectivity index (χ0v) is 21.7. The van der Waals surface area contributed by atoms with Crippen molar-refractivity contribution in [2.45, 2.75) is 32.4 Å². The van der Waals surface area contributed by atoms with E-state index in [1.807, 2.05) is 24.6 Å². The van der Waals surface area contributed by atoms with Gasteiger partial charge in [-0.3, -0.25) is 15.4 Å². The fourth-order valence-corrected chi connectivity index (χ4v) is 5.27. The standard InChI is InChI=1S/C26H26FN7O3S/c1-16-10-21(33(13-16)14-17-7-8-28-22(27)11-17)24(35)32-25-31-19(15-38-25)20-4-3-9-34(20)23-6-5-18(12-29-23)30-26(36)37-2/h5-8,10-13,15,20H,3-4,9,14H2,1-2H3,(H,30,36)(H,31,32,35)/t20-/m1/s1. The van der Waals surface area contributed by atoms with E-state index < -0.39 is 12.0 Å². The minimum absolute atomic E-state index is 0.0245. The quantitative estimate of drug-likeness (QED) is 0.320. The molecule has 1 saturated heterocycles. The number of pyridine rings is 2. The van der Waals surface area contributed by atoms with Gasteiger partial charge in [0.1, 0.15) is 11.5 Å². The van der Waals surface area contributed by atoms with Gasteiger partial charge in [-0.2, -0.15) is 4.39 Å². The smallest absolute Gasteiger partial charge is 0.411 e. The molecule has 0 aromatic carbocycles. The first-order chi connectivity index (χ1) is 18.4. The second-order valence-electron chi connectivity index (χ2n) is 8.92. The zero-order chi connectivity index (χ0) is 26.6. The molecule has 1 fully saturated rings. The Morgan fingerprint density at radius 1 is 1.21 bits per heavy atom. The van der Waals surface area contributed by atoms with Crippen LogP contribution in [0.4, 0.5) is 25.8 Å². The lowest BCUT2D eigenvalue weighted by Gasteiger charge is -2.24. The van der Waals surface area contributed by atoms with Gasteiger partial charge in [-0.25, -0.2) is 19.7 Å². The summed E-state index contributed by atoms with van der Waals surface area (Å²) in [5.41, 5.74) is 3.50. The number of carbonyl (C=O) groups is 2. The van der Waals surface area contributed by atoms with Gasteiger partial charge in [0.15, 0.2) is 5.13 Å². The van der Waals surface area contributed by atoms with E-state index in [2.05, 4.69) is 30.2 Å². The molecule has 1 aliphatic rings. The highest BCUT2D eigenvalue weighted by Crippen LogP contribution is 2.36. The molecule has 38 heavy (non-hydrogen) atoms. The molecule has 5 rings (SSSR count). The van der Waals surface area contributed by atoms with Gasteiger partial charge in [0.25, 0.3) is 5.91 Å². The molecule has 1 atom stereocenters. The molecule has 0 aliphatic carbocycles. The molecule has 2 N–H and O–H groups in total. The number of nitrogens with one attached hydrogen (secondary N) is 2. The number of halogens is 1. The van der Waals surface area contributed by atoms with Gasteiger partial charge in [0.05, 0.1) is 30.7 Å². The second kappa shape index (κ2) is 11.0. The molecule has 10 nitrogen and oxygen atoms in total. The number of methoxy groups -OCH3 is 1. The summed E-state index contributed by atoms with van der Waals surface area (Å²) in [5.74, 6) is -0.0628. The lowest BCUT2D eigenvalue weighted by molar-refractivity contribution is 0.101. The summed E-state index contributed by atoms with van der Waals surface area (Å²) in [7, 11) is 1.31. The Morgan fingerprint density at radius 2 is 2.08 bits per heavy atom. The van der Waals surface area contributed by atoms with Gasteiger partial charge in [-0.15, -0.1) is 11.3 Å². The molecule has 4 aromatic heterocycles. The summed E-state index contributed by atoms with van der Waals surface area (Å²) in [6.07, 6.45) is 6.20. The van der Waals surface area contributed by atoms with Crippen molar-refractivity contribution in [1.82, 2.24) is 19.5 Å². The van der Waals surface area contributed by atoms with Crippen molar-refractivity contribution >= 4 is 40.0 Å². The molecule has 5 heterocycles. The number of anilines is 3. The van der Waals surface area contributed by atoms with Crippen molar-refractivity contribution in [3.63, 3.8) is 0 Å². The molecule has 0 bridgehead atoms. The number of hydrogen-bond acceptors (Lipinski definition) is 8. The van der Waals surface area contributed by atoms with Crippen LogP contribution >= 0.6 is 11.3 Å². The van der Waals surface area contributed by atoms with Crippen LogP contribution in [0.25, 0.3) is 0 Å². The zero-order valence-electron chi connectivity index (χ0n) is 20.8. The number of nitrogens with zero attached hydrogens (tertiary/aromatic N) is 5. The lowest BCUT2D eigenvalue weighted by atomic mass is 10.1. The molecular weight excluding hydrogens is 509 g/mol. The average Bonchev–Trinajstić information content (AvgIpc) is 3.64. The van der Waals surface area contributed by atoms with E-state index in [1.165, 1.54) is 30.7 Å². The van der Waals surface area contributed by atoms with E-state index in [0.717, 1.165) is 36.5 Å². The van der Waals surface area contributed by atoms with Gasteiger partial charge >= 0.3 is 6.09 Å². The number of thiazole rings is 1. The molecule has 12 heteroatoms. The van der Waals surface area contributed by atoms with Crippen LogP contribution in [0.15, 0.2) is 54.3 Å². The first-order valence-electron chi connectivity index (χ1n) is 12.0. The molecule has 0 unspecified atom stereocenters. The molecule has 196 valence electrons. The fraction of sp³-hybridized carbons (Fsp3) is 0.269. The molecule has 0 spiro atoms. The third kappa shape index (κ3) is 5.65. The summed E-state index contributed by atoms with van der Waals surface area (Å²) in [6.45, 7) is 3.07. The second-order valence-corrected chi connectivity index (χ2v) is 9.78. The van der Waals surface area contributed by atoms with E-state index in [9.17, 15) is 14.0 Å². The van der Waals surface area contributed by atoms with E-state index in [1.54, 1.807) is 29.0 Å². The topological polar surface area (TPSA) is 114 Å². The molecule has 0 radical (unpaired) electrons. The maximum atomic E-state index is 13.5. The van der Waals surface area contributed by atoms with Crippen molar-refractivity contribution in [1.29, 1.82) is 0 Å². The summed E-state index contributed by atoms with van der Waals surface area (Å²) < 4.78 is 19.9.